The van der Waals surface area contributed by atoms with Crippen LogP contribution >= 0.6 is 0 Å². The Morgan fingerprint density at radius 2 is 0.962 bits per heavy atom. The lowest BCUT2D eigenvalue weighted by molar-refractivity contribution is -0.156. The highest BCUT2D eigenvalue weighted by molar-refractivity contribution is 6.05. The molecule has 4 aliphatic rings. The lowest BCUT2D eigenvalue weighted by Crippen LogP contribution is -2.36. The molecule has 2 unspecified atom stereocenters. The number of benzene rings is 4. The maximum absolute atomic E-state index is 13.2. The molecular weight excluding hydrogens is 1000 g/mol. The molecule has 0 aromatic heterocycles. The molecule has 78 heavy (non-hydrogen) atoms. The van der Waals surface area contributed by atoms with Crippen molar-refractivity contribution in [1.82, 2.24) is 0 Å². The van der Waals surface area contributed by atoms with Gasteiger partial charge in [-0.05, 0) is 138 Å². The number of hydrogen-bond acceptors (Lipinski definition) is 15. The van der Waals surface area contributed by atoms with Crippen molar-refractivity contribution >= 4 is 30.1 Å². The molecule has 0 amide bonds. The summed E-state index contributed by atoms with van der Waals surface area (Å²) in [5.41, 5.74) is 4.24. The van der Waals surface area contributed by atoms with Crippen LogP contribution in [-0.4, -0.2) is 112 Å². The highest BCUT2D eigenvalue weighted by Gasteiger charge is 2.46. The molecule has 4 heterocycles. The third-order valence-electron chi connectivity index (χ3n) is 13.4. The van der Waals surface area contributed by atoms with Crippen molar-refractivity contribution in [3.05, 3.63) is 154 Å². The number of ether oxygens (including phenoxy) is 12. The smallest absolute Gasteiger partial charge is 0.339 e. The molecule has 8 rings (SSSR count). The predicted octanol–water partition coefficient (Wildman–Crippen LogP) is 11.4. The molecule has 0 spiro atoms. The van der Waals surface area contributed by atoms with Crippen molar-refractivity contribution in [3.8, 4) is 23.0 Å². The first-order valence-corrected chi connectivity index (χ1v) is 26.2. The fourth-order valence-corrected chi connectivity index (χ4v) is 9.63. The minimum atomic E-state index is -1.25. The summed E-state index contributed by atoms with van der Waals surface area (Å²) in [5.74, 6) is -1.35. The molecule has 16 nitrogen and oxygen atoms in total. The van der Waals surface area contributed by atoms with E-state index in [1.165, 1.54) is 13.2 Å². The molecule has 4 aliphatic heterocycles. The van der Waals surface area contributed by atoms with Crippen LogP contribution in [0.1, 0.15) is 126 Å². The van der Waals surface area contributed by atoms with Crippen molar-refractivity contribution in [2.45, 2.75) is 148 Å². The number of cyclic esters (lactones) is 2. The Hall–Kier alpha value is -6.79. The third-order valence-corrected chi connectivity index (χ3v) is 13.4. The lowest BCUT2D eigenvalue weighted by Gasteiger charge is -2.25. The fourth-order valence-electron chi connectivity index (χ4n) is 9.63. The average Bonchev–Trinajstić information content (AvgIpc) is 3.90. The van der Waals surface area contributed by atoms with E-state index >= 15 is 0 Å². The van der Waals surface area contributed by atoms with E-state index in [4.69, 9.17) is 56.8 Å². The monoisotopic (exact) mass is 1070 g/mol. The summed E-state index contributed by atoms with van der Waals surface area (Å²) in [6.45, 7) is 13.8. The maximum Gasteiger partial charge on any atom is 0.339 e. The van der Waals surface area contributed by atoms with E-state index in [1.54, 1.807) is 40.4 Å². The normalized spacial score (nSPS) is 26.4. The molecule has 4 aromatic rings. The van der Waals surface area contributed by atoms with Gasteiger partial charge >= 0.3 is 17.9 Å². The summed E-state index contributed by atoms with van der Waals surface area (Å²) < 4.78 is 70.7. The number of carbonyl (C=O) groups is 3. The molecule has 0 aliphatic carbocycles. The van der Waals surface area contributed by atoms with Crippen molar-refractivity contribution in [2.75, 3.05) is 28.4 Å². The number of methoxy groups -OCH3 is 4. The van der Waals surface area contributed by atoms with Crippen molar-refractivity contribution in [2.24, 2.45) is 0 Å². The highest BCUT2D eigenvalue weighted by Crippen LogP contribution is 2.37. The second-order valence-corrected chi connectivity index (χ2v) is 20.4. The number of carboxylic acid groups (broad SMARTS) is 1. The van der Waals surface area contributed by atoms with E-state index in [0.29, 0.717) is 61.5 Å². The molecule has 418 valence electrons. The van der Waals surface area contributed by atoms with Crippen LogP contribution in [0.25, 0.3) is 12.2 Å². The standard InChI is InChI=1S/C31H36O9.C31H38O7/c1-19-8-6-10-25(37-18-20-12-14-22(35-4)15-13-20)28-26(39-31(2,3)40-28)11-7-9-21-16-23(36-5)17-24(29(32)33)27(21)30(34)38-19;1-20-17-25(34-6)18-23-10-8-12-27-29(38-31(3,4)37-27)26(11-7-9-21(2)36-30(32)28(20)23)35-19-22-13-15-24(33-5)16-14-22/h6-7,9-10,12-17,19,25-26,28H,8,11,18H2,1-5H3,(H,32,33);7-8,10-11,13-18,21,26-27,29H,9,12,19H2,1-6H3/b9-7+,10-6-;10-8+,11-7-/t19-,25?,26-,28+;21-,26?,27-,29+/m00/s1. The highest BCUT2D eigenvalue weighted by atomic mass is 16.8. The summed E-state index contributed by atoms with van der Waals surface area (Å²) in [4.78, 5) is 38.4. The Balaban J connectivity index is 0.000000226. The van der Waals surface area contributed by atoms with Gasteiger partial charge in [-0.15, -0.1) is 0 Å². The largest absolute Gasteiger partial charge is 0.497 e. The topological polar surface area (TPSA) is 182 Å². The average molecular weight is 1080 g/mol. The minimum Gasteiger partial charge on any atom is -0.497 e. The van der Waals surface area contributed by atoms with E-state index < -0.39 is 41.8 Å². The Bertz CT molecular complexity index is 2810. The Morgan fingerprint density at radius 1 is 0.551 bits per heavy atom. The number of aromatic carboxylic acids is 1. The van der Waals surface area contributed by atoms with Gasteiger partial charge in [0.25, 0.3) is 0 Å². The number of hydrogen-bond donors (Lipinski definition) is 1. The van der Waals surface area contributed by atoms with Crippen LogP contribution < -0.4 is 18.9 Å². The maximum atomic E-state index is 13.2. The molecule has 2 fully saturated rings. The SMILES string of the molecule is COc1ccc(COC2/C=C\C[C@H](C)OC(=O)c3c(C)cc(OC)cc3/C=C/C[C@@H]3OC(C)(C)O[C@H]23)cc1.COc1ccc(COC2/C=C\C[C@H](C)OC(=O)c3c(cc(OC)cc3C(=O)O)/C=C/C[C@@H]3OC(C)(C)O[C@H]23)cc1. The molecule has 0 bridgehead atoms. The van der Waals surface area contributed by atoms with Gasteiger partial charge in [0, 0.05) is 12.8 Å². The molecule has 4 aromatic carbocycles. The van der Waals surface area contributed by atoms with Crippen LogP contribution in [0, 0.1) is 6.92 Å². The van der Waals surface area contributed by atoms with Gasteiger partial charge in [0.1, 0.15) is 59.6 Å². The van der Waals surface area contributed by atoms with Crippen LogP contribution in [0.15, 0.2) is 109 Å². The first-order chi connectivity index (χ1) is 37.3. The summed E-state index contributed by atoms with van der Waals surface area (Å²) in [6.07, 6.45) is 14.2. The van der Waals surface area contributed by atoms with E-state index in [2.05, 4.69) is 0 Å². The van der Waals surface area contributed by atoms with E-state index in [-0.39, 0.29) is 47.6 Å². The predicted molar refractivity (Wildman–Crippen MR) is 293 cm³/mol. The number of carboxylic acids is 1. The molecule has 0 saturated carbocycles. The van der Waals surface area contributed by atoms with E-state index in [9.17, 15) is 19.5 Å². The Morgan fingerprint density at radius 3 is 1.38 bits per heavy atom. The molecule has 2 saturated heterocycles. The Kier molecular flexibility index (Phi) is 20.2. The van der Waals surface area contributed by atoms with Crippen LogP contribution in [0.4, 0.5) is 0 Å². The van der Waals surface area contributed by atoms with Gasteiger partial charge in [0.2, 0.25) is 0 Å². The van der Waals surface area contributed by atoms with Crippen molar-refractivity contribution in [3.63, 3.8) is 0 Å². The Labute approximate surface area is 457 Å². The number of rotatable bonds is 11. The van der Waals surface area contributed by atoms with Gasteiger partial charge in [0.15, 0.2) is 11.6 Å². The van der Waals surface area contributed by atoms with Gasteiger partial charge in [-0.3, -0.25) is 0 Å². The zero-order valence-electron chi connectivity index (χ0n) is 46.5. The second kappa shape index (κ2) is 26.7. The van der Waals surface area contributed by atoms with Crippen LogP contribution in [0.3, 0.4) is 0 Å². The number of carbonyl (C=O) groups excluding carboxylic acids is 2. The van der Waals surface area contributed by atoms with Gasteiger partial charge in [-0.1, -0.05) is 72.9 Å². The van der Waals surface area contributed by atoms with Crippen LogP contribution in [0.5, 0.6) is 23.0 Å². The van der Waals surface area contributed by atoms with Gasteiger partial charge in [-0.2, -0.15) is 0 Å². The van der Waals surface area contributed by atoms with Crippen molar-refractivity contribution in [1.29, 1.82) is 0 Å². The van der Waals surface area contributed by atoms with Crippen molar-refractivity contribution < 1.29 is 76.3 Å². The molecule has 0 radical (unpaired) electrons. The van der Waals surface area contributed by atoms with Gasteiger partial charge in [0.05, 0.1) is 70.6 Å². The van der Waals surface area contributed by atoms with E-state index in [1.807, 2.05) is 145 Å². The third kappa shape index (κ3) is 15.7. The lowest BCUT2D eigenvalue weighted by atomic mass is 9.98. The molecular formula is C62H74O16. The number of fused-ring (bicyclic) bond motifs is 4. The number of esters is 2. The molecule has 16 heteroatoms. The number of aryl methyl sites for hydroxylation is 1. The fraction of sp³-hybridized carbons (Fsp3) is 0.435. The van der Waals surface area contributed by atoms with Gasteiger partial charge in [-0.25, -0.2) is 14.4 Å². The van der Waals surface area contributed by atoms with Gasteiger partial charge < -0.3 is 61.9 Å². The minimum absolute atomic E-state index is 0.0291. The quantitative estimate of drug-likeness (QED) is 0.110. The van der Waals surface area contributed by atoms with Crippen LogP contribution in [0.2, 0.25) is 0 Å². The van der Waals surface area contributed by atoms with E-state index in [0.717, 1.165) is 33.8 Å². The first kappa shape index (κ1) is 58.9. The molecule has 8 atom stereocenters. The van der Waals surface area contributed by atoms with Crippen LogP contribution in [-0.2, 0) is 51.1 Å². The second-order valence-electron chi connectivity index (χ2n) is 20.4. The zero-order valence-corrected chi connectivity index (χ0v) is 46.5. The summed E-state index contributed by atoms with van der Waals surface area (Å²) in [7, 11) is 6.32. The molecule has 1 N–H and O–H groups in total. The first-order valence-electron chi connectivity index (χ1n) is 26.2. The summed E-state index contributed by atoms with van der Waals surface area (Å²) in [5, 5.41) is 9.83. The summed E-state index contributed by atoms with van der Waals surface area (Å²) in [6, 6.07) is 22.1. The summed E-state index contributed by atoms with van der Waals surface area (Å²) >= 11 is 0. The zero-order chi connectivity index (χ0) is 56.1.